The Balaban J connectivity index is 1.96. The summed E-state index contributed by atoms with van der Waals surface area (Å²) in [6, 6.07) is 5.45. The van der Waals surface area contributed by atoms with E-state index in [1.807, 2.05) is 12.1 Å². The lowest BCUT2D eigenvalue weighted by Crippen LogP contribution is -2.27. The molecule has 0 bridgehead atoms. The molecule has 20 heavy (non-hydrogen) atoms. The van der Waals surface area contributed by atoms with Crippen LogP contribution in [0.25, 0.3) is 0 Å². The van der Waals surface area contributed by atoms with Crippen molar-refractivity contribution in [2.75, 3.05) is 20.3 Å². The maximum Gasteiger partial charge on any atom is 0.240 e. The predicted octanol–water partition coefficient (Wildman–Crippen LogP) is 2.25. The third-order valence-electron chi connectivity index (χ3n) is 3.48. The van der Waals surface area contributed by atoms with Gasteiger partial charge in [0.05, 0.1) is 11.5 Å². The van der Waals surface area contributed by atoms with Crippen LogP contribution in [-0.2, 0) is 27.6 Å². The van der Waals surface area contributed by atoms with Crippen LogP contribution in [-0.4, -0.2) is 33.5 Å². The van der Waals surface area contributed by atoms with E-state index in [9.17, 15) is 8.42 Å². The number of fused-ring (bicyclic) bond motifs is 1. The van der Waals surface area contributed by atoms with Gasteiger partial charge in [-0.1, -0.05) is 22.0 Å². The van der Waals surface area contributed by atoms with Crippen molar-refractivity contribution < 1.29 is 13.2 Å². The van der Waals surface area contributed by atoms with E-state index < -0.39 is 10.0 Å². The van der Waals surface area contributed by atoms with E-state index in [0.29, 0.717) is 24.5 Å². The molecule has 1 aromatic rings. The molecule has 1 atom stereocenters. The average Bonchev–Trinajstić information content (AvgIpc) is 2.86. The van der Waals surface area contributed by atoms with Gasteiger partial charge in [-0.15, -0.1) is 0 Å². The van der Waals surface area contributed by atoms with Gasteiger partial charge in [-0.25, -0.2) is 13.1 Å². The minimum absolute atomic E-state index is 0.162. The lowest BCUT2D eigenvalue weighted by molar-refractivity contribution is 0.199. The van der Waals surface area contributed by atoms with Gasteiger partial charge >= 0.3 is 0 Å². The van der Waals surface area contributed by atoms with Gasteiger partial charge < -0.3 is 4.74 Å². The van der Waals surface area contributed by atoms with Crippen molar-refractivity contribution in [1.82, 2.24) is 4.72 Å². The van der Waals surface area contributed by atoms with Gasteiger partial charge in [0.1, 0.15) is 0 Å². The Morgan fingerprint density at radius 2 is 2.10 bits per heavy atom. The molecule has 1 aliphatic rings. The Bertz CT molecular complexity index is 560. The van der Waals surface area contributed by atoms with Gasteiger partial charge in [-0.05, 0) is 48.9 Å². The Hall–Kier alpha value is -0.430. The number of nitrogens with one attached hydrogen (secondary N) is 1. The normalized spacial score (nSPS) is 16.1. The van der Waals surface area contributed by atoms with Gasteiger partial charge in [0.2, 0.25) is 10.0 Å². The number of methoxy groups -OCH3 is 1. The average molecular weight is 362 g/mol. The summed E-state index contributed by atoms with van der Waals surface area (Å²) < 4.78 is 32.1. The number of hydrogen-bond donors (Lipinski definition) is 1. The van der Waals surface area contributed by atoms with Crippen molar-refractivity contribution in [2.45, 2.75) is 35.4 Å². The lowest BCUT2D eigenvalue weighted by Gasteiger charge is -2.11. The van der Waals surface area contributed by atoms with E-state index >= 15 is 0 Å². The highest BCUT2D eigenvalue weighted by Gasteiger charge is 2.18. The van der Waals surface area contributed by atoms with Crippen molar-refractivity contribution in [3.63, 3.8) is 0 Å². The second-order valence-corrected chi connectivity index (χ2v) is 8.09. The number of sulfonamides is 1. The summed E-state index contributed by atoms with van der Waals surface area (Å²) >= 11 is 3.44. The van der Waals surface area contributed by atoms with Crippen LogP contribution in [0.5, 0.6) is 0 Å². The molecule has 0 aromatic heterocycles. The number of ether oxygens (including phenoxy) is 1. The van der Waals surface area contributed by atoms with Crippen LogP contribution in [0.1, 0.15) is 24.0 Å². The fourth-order valence-electron chi connectivity index (χ4n) is 2.41. The maximum atomic E-state index is 12.2. The molecular weight excluding hydrogens is 342 g/mol. The summed E-state index contributed by atoms with van der Waals surface area (Å²) in [6.07, 6.45) is 3.86. The lowest BCUT2D eigenvalue weighted by atomic mass is 10.1. The van der Waals surface area contributed by atoms with Gasteiger partial charge in [-0.3, -0.25) is 0 Å². The molecule has 0 radical (unpaired) electrons. The summed E-state index contributed by atoms with van der Waals surface area (Å²) in [5.74, 6) is 0. The fraction of sp³-hybridized carbons (Fsp3) is 0.571. The second kappa shape index (κ2) is 7.02. The highest BCUT2D eigenvalue weighted by molar-refractivity contribution is 9.09. The molecule has 2 rings (SSSR count). The number of hydrogen-bond acceptors (Lipinski definition) is 3. The molecular formula is C14H20BrNO3S. The molecule has 1 aliphatic carbocycles. The van der Waals surface area contributed by atoms with E-state index in [1.165, 1.54) is 11.1 Å². The zero-order chi connectivity index (χ0) is 14.6. The Morgan fingerprint density at radius 1 is 1.35 bits per heavy atom. The maximum absolute atomic E-state index is 12.2. The summed E-state index contributed by atoms with van der Waals surface area (Å²) in [4.78, 5) is 0.534. The summed E-state index contributed by atoms with van der Waals surface area (Å²) in [5.41, 5.74) is 2.45. The first kappa shape index (κ1) is 15.9. The van der Waals surface area contributed by atoms with Crippen LogP contribution in [0.4, 0.5) is 0 Å². The number of alkyl halides is 1. The SMILES string of the molecule is COCC(Br)CCNS(=O)(=O)c1ccc2c(c1)CCC2. The molecule has 6 heteroatoms. The zero-order valence-corrected chi connectivity index (χ0v) is 14.0. The highest BCUT2D eigenvalue weighted by Crippen LogP contribution is 2.24. The first-order chi connectivity index (χ1) is 9.53. The summed E-state index contributed by atoms with van der Waals surface area (Å²) in [6.45, 7) is 0.971. The molecule has 0 heterocycles. The first-order valence-corrected chi connectivity index (χ1v) is 9.17. The van der Waals surface area contributed by atoms with E-state index in [4.69, 9.17) is 4.74 Å². The molecule has 0 spiro atoms. The summed E-state index contributed by atoms with van der Waals surface area (Å²) in [5, 5.41) is 0. The van der Waals surface area contributed by atoms with Crippen molar-refractivity contribution in [1.29, 1.82) is 0 Å². The molecule has 112 valence electrons. The molecule has 1 N–H and O–H groups in total. The van der Waals surface area contributed by atoms with Crippen LogP contribution < -0.4 is 4.72 Å². The molecule has 0 aliphatic heterocycles. The fourth-order valence-corrected chi connectivity index (χ4v) is 4.00. The zero-order valence-electron chi connectivity index (χ0n) is 11.6. The third kappa shape index (κ3) is 4.04. The topological polar surface area (TPSA) is 55.4 Å². The molecule has 1 unspecified atom stereocenters. The van der Waals surface area contributed by atoms with Crippen LogP contribution in [0, 0.1) is 0 Å². The van der Waals surface area contributed by atoms with Gasteiger partial charge in [0, 0.05) is 18.5 Å². The van der Waals surface area contributed by atoms with Gasteiger partial charge in [0.25, 0.3) is 0 Å². The minimum atomic E-state index is -3.40. The van der Waals surface area contributed by atoms with Crippen LogP contribution >= 0.6 is 15.9 Å². The quantitative estimate of drug-likeness (QED) is 0.757. The number of benzene rings is 1. The van der Waals surface area contributed by atoms with E-state index in [1.54, 1.807) is 13.2 Å². The molecule has 1 aromatic carbocycles. The van der Waals surface area contributed by atoms with E-state index in [-0.39, 0.29) is 4.83 Å². The Kier molecular flexibility index (Phi) is 5.60. The van der Waals surface area contributed by atoms with Crippen LogP contribution in [0.3, 0.4) is 0 Å². The standard InChI is InChI=1S/C14H20BrNO3S/c1-19-10-13(15)7-8-16-20(17,18)14-6-5-11-3-2-4-12(11)9-14/h5-6,9,13,16H,2-4,7-8,10H2,1H3. The molecule has 0 saturated carbocycles. The van der Waals surface area contributed by atoms with Crippen LogP contribution in [0.2, 0.25) is 0 Å². The molecule has 0 amide bonds. The predicted molar refractivity (Wildman–Crippen MR) is 82.9 cm³/mol. The number of aryl methyl sites for hydroxylation is 2. The Morgan fingerprint density at radius 3 is 2.85 bits per heavy atom. The van der Waals surface area contributed by atoms with Crippen molar-refractivity contribution >= 4 is 26.0 Å². The smallest absolute Gasteiger partial charge is 0.240 e. The van der Waals surface area contributed by atoms with Gasteiger partial charge in [0.15, 0.2) is 0 Å². The number of rotatable bonds is 7. The minimum Gasteiger partial charge on any atom is -0.384 e. The first-order valence-electron chi connectivity index (χ1n) is 6.77. The summed E-state index contributed by atoms with van der Waals surface area (Å²) in [7, 11) is -1.78. The number of halogens is 1. The van der Waals surface area contributed by atoms with Crippen LogP contribution in [0.15, 0.2) is 23.1 Å². The second-order valence-electron chi connectivity index (χ2n) is 5.02. The monoisotopic (exact) mass is 361 g/mol. The highest BCUT2D eigenvalue weighted by atomic mass is 79.9. The molecule has 0 saturated heterocycles. The largest absolute Gasteiger partial charge is 0.384 e. The van der Waals surface area contributed by atoms with Crippen molar-refractivity contribution in [2.24, 2.45) is 0 Å². The van der Waals surface area contributed by atoms with Crippen molar-refractivity contribution in [3.05, 3.63) is 29.3 Å². The van der Waals surface area contributed by atoms with E-state index in [2.05, 4.69) is 20.7 Å². The molecule has 0 fully saturated rings. The third-order valence-corrected chi connectivity index (χ3v) is 5.66. The van der Waals surface area contributed by atoms with Gasteiger partial charge in [-0.2, -0.15) is 0 Å². The van der Waals surface area contributed by atoms with E-state index in [0.717, 1.165) is 19.3 Å². The Labute approximate surface area is 129 Å². The molecule has 4 nitrogen and oxygen atoms in total. The van der Waals surface area contributed by atoms with Crippen molar-refractivity contribution in [3.8, 4) is 0 Å².